The van der Waals surface area contributed by atoms with Crippen LogP contribution in [0.5, 0.6) is 0 Å². The van der Waals surface area contributed by atoms with E-state index in [1.807, 2.05) is 65.2 Å². The van der Waals surface area contributed by atoms with Crippen molar-refractivity contribution in [3.8, 4) is 0 Å². The van der Waals surface area contributed by atoms with Gasteiger partial charge in [0.25, 0.3) is 0 Å². The zero-order valence-electron chi connectivity index (χ0n) is 24.8. The number of carbonyl (C=O) groups is 2. The second-order valence-corrected chi connectivity index (χ2v) is 13.7. The number of hydrogen-bond acceptors (Lipinski definition) is 5. The summed E-state index contributed by atoms with van der Waals surface area (Å²) in [5.41, 5.74) is 3.38. The van der Waals surface area contributed by atoms with Crippen LogP contribution in [0.15, 0.2) is 121 Å². The Morgan fingerprint density at radius 1 is 0.750 bits per heavy atom. The van der Waals surface area contributed by atoms with Crippen LogP contribution in [0, 0.1) is 0 Å². The molecular weight excluding hydrogens is 564 g/mol. The van der Waals surface area contributed by atoms with Crippen LogP contribution in [0.4, 0.5) is 0 Å². The van der Waals surface area contributed by atoms with E-state index in [9.17, 15) is 9.59 Å². The fourth-order valence-electron chi connectivity index (χ4n) is 7.48. The highest BCUT2D eigenvalue weighted by atomic mass is 32.2. The van der Waals surface area contributed by atoms with Crippen molar-refractivity contribution in [1.29, 1.82) is 0 Å². The minimum Gasteiger partial charge on any atom is -0.459 e. The lowest BCUT2D eigenvalue weighted by Crippen LogP contribution is -2.73. The van der Waals surface area contributed by atoms with Gasteiger partial charge in [-0.05, 0) is 35.1 Å². The van der Waals surface area contributed by atoms with Gasteiger partial charge in [0.15, 0.2) is 0 Å². The Morgan fingerprint density at radius 3 is 1.73 bits per heavy atom. The summed E-state index contributed by atoms with van der Waals surface area (Å²) in [4.78, 5) is 30.2. The third-order valence-electron chi connectivity index (χ3n) is 9.60. The first-order valence-corrected chi connectivity index (χ1v) is 16.7. The Labute approximate surface area is 264 Å². The molecular formula is C38H38N2O3S. The number of β-lactam (4-membered cyclic amide) rings is 1. The molecule has 2 saturated heterocycles. The van der Waals surface area contributed by atoms with E-state index in [2.05, 4.69) is 78.1 Å². The lowest BCUT2D eigenvalue weighted by molar-refractivity contribution is -0.165. The minimum atomic E-state index is -0.765. The molecule has 1 saturated carbocycles. The number of benzene rings is 4. The Bertz CT molecular complexity index is 1480. The van der Waals surface area contributed by atoms with Gasteiger partial charge in [0.05, 0.1) is 5.54 Å². The van der Waals surface area contributed by atoms with Crippen molar-refractivity contribution in [3.05, 3.63) is 144 Å². The molecule has 5 nitrogen and oxygen atoms in total. The highest BCUT2D eigenvalue weighted by Crippen LogP contribution is 2.57. The number of ether oxygens (including phenoxy) is 1. The van der Waals surface area contributed by atoms with Gasteiger partial charge in [0.2, 0.25) is 5.91 Å². The van der Waals surface area contributed by atoms with Crippen molar-refractivity contribution in [2.75, 3.05) is 0 Å². The fraction of sp³-hybridized carbons (Fsp3) is 0.316. The monoisotopic (exact) mass is 602 g/mol. The summed E-state index contributed by atoms with van der Waals surface area (Å²) in [6.45, 7) is 0.213. The van der Waals surface area contributed by atoms with Gasteiger partial charge in [-0.1, -0.05) is 147 Å². The summed E-state index contributed by atoms with van der Waals surface area (Å²) in [5.74, 6) is -0.310. The molecule has 6 heteroatoms. The van der Waals surface area contributed by atoms with Gasteiger partial charge in [-0.25, -0.2) is 4.79 Å². The zero-order chi connectivity index (χ0) is 30.0. The Hall–Kier alpha value is -3.87. The molecule has 3 atom stereocenters. The van der Waals surface area contributed by atoms with E-state index < -0.39 is 17.6 Å². The van der Waals surface area contributed by atoms with Crippen molar-refractivity contribution < 1.29 is 14.3 Å². The molecule has 3 fully saturated rings. The highest BCUT2D eigenvalue weighted by Gasteiger charge is 2.67. The van der Waals surface area contributed by atoms with Crippen molar-refractivity contribution in [2.45, 2.75) is 72.9 Å². The Kier molecular flexibility index (Phi) is 8.04. The van der Waals surface area contributed by atoms with Crippen molar-refractivity contribution in [3.63, 3.8) is 0 Å². The number of rotatable bonds is 8. The van der Waals surface area contributed by atoms with Crippen LogP contribution < -0.4 is 5.32 Å². The molecule has 2 unspecified atom stereocenters. The van der Waals surface area contributed by atoms with E-state index in [0.29, 0.717) is 0 Å². The fourth-order valence-corrected chi connectivity index (χ4v) is 9.48. The maximum Gasteiger partial charge on any atom is 0.330 e. The Morgan fingerprint density at radius 2 is 1.23 bits per heavy atom. The molecule has 44 heavy (non-hydrogen) atoms. The van der Waals surface area contributed by atoms with Gasteiger partial charge in [-0.2, -0.15) is 0 Å². The third kappa shape index (κ3) is 5.04. The average Bonchev–Trinajstić information content (AvgIpc) is 3.18. The van der Waals surface area contributed by atoms with Crippen LogP contribution in [-0.2, 0) is 26.5 Å². The van der Waals surface area contributed by atoms with Gasteiger partial charge in [-0.3, -0.25) is 10.1 Å². The molecule has 1 spiro atoms. The molecule has 3 aliphatic rings. The summed E-state index contributed by atoms with van der Waals surface area (Å²) in [5, 5.41) is 3.77. The summed E-state index contributed by atoms with van der Waals surface area (Å²) < 4.78 is 5.62. The van der Waals surface area contributed by atoms with Crippen LogP contribution in [0.25, 0.3) is 0 Å². The van der Waals surface area contributed by atoms with Crippen molar-refractivity contribution >= 4 is 23.6 Å². The molecule has 0 aromatic heterocycles. The standard InChI is InChI=1S/C38H38N2O3S/c41-34-32(39-38(29-19-9-4-10-20-29,30-21-11-5-12-22-30)31-23-13-6-14-24-31)35-40(34)33(37(44-35)25-15-1-2-16-26-37)36(42)43-27-28-17-7-3-8-18-28/h3-14,17-24,32-33,35,39H,1-2,15-16,25-27H2/t32?,33?,35-/m1/s1. The average molecular weight is 603 g/mol. The molecule has 0 bridgehead atoms. The molecule has 1 amide bonds. The van der Waals surface area contributed by atoms with Gasteiger partial charge >= 0.3 is 5.97 Å². The number of thioether (sulfide) groups is 1. The molecule has 4 aromatic rings. The second-order valence-electron chi connectivity index (χ2n) is 12.2. The first-order chi connectivity index (χ1) is 21.6. The minimum absolute atomic E-state index is 0.0301. The van der Waals surface area contributed by atoms with Gasteiger partial charge in [-0.15, -0.1) is 11.8 Å². The smallest absolute Gasteiger partial charge is 0.330 e. The van der Waals surface area contributed by atoms with E-state index in [1.54, 1.807) is 0 Å². The molecule has 1 N–H and O–H groups in total. The summed E-state index contributed by atoms with van der Waals surface area (Å²) in [7, 11) is 0. The maximum absolute atomic E-state index is 14.4. The lowest BCUT2D eigenvalue weighted by atomic mass is 9.75. The summed E-state index contributed by atoms with van der Waals surface area (Å²) in [6.07, 6.45) is 6.27. The van der Waals surface area contributed by atoms with Crippen LogP contribution in [0.1, 0.15) is 60.8 Å². The largest absolute Gasteiger partial charge is 0.459 e. The number of carbonyl (C=O) groups excluding carboxylic acids is 2. The van der Waals surface area contributed by atoms with Gasteiger partial charge in [0, 0.05) is 4.75 Å². The first kappa shape index (κ1) is 28.9. The molecule has 1 aliphatic carbocycles. The van der Waals surface area contributed by atoms with E-state index in [0.717, 1.165) is 60.8 Å². The number of fused-ring (bicyclic) bond motifs is 1. The van der Waals surface area contributed by atoms with Crippen molar-refractivity contribution in [2.24, 2.45) is 0 Å². The maximum atomic E-state index is 14.4. The number of nitrogens with zero attached hydrogens (tertiary/aromatic N) is 1. The van der Waals surface area contributed by atoms with Crippen molar-refractivity contribution in [1.82, 2.24) is 10.2 Å². The van der Waals surface area contributed by atoms with E-state index in [-0.39, 0.29) is 28.6 Å². The lowest BCUT2D eigenvalue weighted by Gasteiger charge is -2.49. The van der Waals surface area contributed by atoms with Crippen LogP contribution in [0.2, 0.25) is 0 Å². The van der Waals surface area contributed by atoms with Gasteiger partial charge in [0.1, 0.15) is 24.1 Å². The molecule has 4 aromatic carbocycles. The molecule has 7 rings (SSSR count). The zero-order valence-corrected chi connectivity index (χ0v) is 25.6. The molecule has 224 valence electrons. The second kappa shape index (κ2) is 12.3. The SMILES string of the molecule is O=C(OCc1ccccc1)C1N2C(=O)C(NC(c3ccccc3)(c3ccccc3)c3ccccc3)[C@H]2SC12CCCCCC2. The molecule has 2 heterocycles. The van der Waals surface area contributed by atoms with Crippen LogP contribution in [-0.4, -0.2) is 39.0 Å². The van der Waals surface area contributed by atoms with Crippen LogP contribution >= 0.6 is 11.8 Å². The molecule has 0 radical (unpaired) electrons. The highest BCUT2D eigenvalue weighted by molar-refractivity contribution is 8.01. The van der Waals surface area contributed by atoms with Gasteiger partial charge < -0.3 is 9.64 Å². The predicted octanol–water partition coefficient (Wildman–Crippen LogP) is 7.06. The number of nitrogens with one attached hydrogen (secondary N) is 1. The summed E-state index contributed by atoms with van der Waals surface area (Å²) >= 11 is 1.84. The third-order valence-corrected chi connectivity index (χ3v) is 11.4. The molecule has 2 aliphatic heterocycles. The van der Waals surface area contributed by atoms with E-state index >= 15 is 0 Å². The quantitative estimate of drug-likeness (QED) is 0.133. The number of amides is 1. The summed E-state index contributed by atoms with van der Waals surface area (Å²) in [6, 6.07) is 39.9. The van der Waals surface area contributed by atoms with E-state index in [4.69, 9.17) is 4.74 Å². The Balaban J connectivity index is 1.26. The normalized spacial score (nSPS) is 22.6. The number of hydrogen-bond donors (Lipinski definition) is 1. The number of esters is 1. The van der Waals surface area contributed by atoms with E-state index in [1.165, 1.54) is 0 Å². The van der Waals surface area contributed by atoms with Crippen LogP contribution in [0.3, 0.4) is 0 Å². The predicted molar refractivity (Wildman–Crippen MR) is 175 cm³/mol. The first-order valence-electron chi connectivity index (χ1n) is 15.8. The topological polar surface area (TPSA) is 58.6 Å².